The third-order valence-electron chi connectivity index (χ3n) is 1.68. The highest BCUT2D eigenvalue weighted by atomic mass is 32.2. The van der Waals surface area contributed by atoms with Gasteiger partial charge in [-0.25, -0.2) is 0 Å². The highest BCUT2D eigenvalue weighted by molar-refractivity contribution is 7.99. The number of hydrogen-bond donors (Lipinski definition) is 1. The maximum atomic E-state index is 9.30. The van der Waals surface area contributed by atoms with Gasteiger partial charge in [0.2, 0.25) is 0 Å². The van der Waals surface area contributed by atoms with Crippen molar-refractivity contribution >= 4 is 11.8 Å². The lowest BCUT2D eigenvalue weighted by Crippen LogP contribution is -2.37. The third kappa shape index (κ3) is 1.60. The molecule has 0 aromatic rings. The minimum absolute atomic E-state index is 0.106. The van der Waals surface area contributed by atoms with Crippen molar-refractivity contribution in [1.82, 2.24) is 4.90 Å². The molecule has 0 amide bonds. The van der Waals surface area contributed by atoms with Crippen molar-refractivity contribution in [2.75, 3.05) is 25.6 Å². The molecule has 0 bridgehead atoms. The first kappa shape index (κ1) is 7.38. The number of thioether (sulfide) groups is 1. The van der Waals surface area contributed by atoms with Gasteiger partial charge in [-0.1, -0.05) is 0 Å². The predicted octanol–water partition coefficient (Wildman–Crippen LogP) is 0.0243. The summed E-state index contributed by atoms with van der Waals surface area (Å²) in [6.07, 6.45) is -0.106. The van der Waals surface area contributed by atoms with E-state index in [1.807, 2.05) is 25.9 Å². The van der Waals surface area contributed by atoms with Crippen LogP contribution < -0.4 is 0 Å². The van der Waals surface area contributed by atoms with Crippen LogP contribution in [-0.4, -0.2) is 47.8 Å². The summed E-state index contributed by atoms with van der Waals surface area (Å²) in [6, 6.07) is 0.384. The second-order valence-electron chi connectivity index (χ2n) is 2.64. The highest BCUT2D eigenvalue weighted by Gasteiger charge is 2.26. The molecule has 54 valence electrons. The van der Waals surface area contributed by atoms with Crippen molar-refractivity contribution < 1.29 is 5.11 Å². The van der Waals surface area contributed by atoms with E-state index >= 15 is 0 Å². The van der Waals surface area contributed by atoms with Crippen LogP contribution >= 0.6 is 11.8 Å². The van der Waals surface area contributed by atoms with E-state index in [4.69, 9.17) is 0 Å². The maximum Gasteiger partial charge on any atom is 0.0793 e. The van der Waals surface area contributed by atoms with Crippen LogP contribution in [0.3, 0.4) is 0 Å². The molecule has 2 unspecified atom stereocenters. The van der Waals surface area contributed by atoms with Crippen LogP contribution in [0.25, 0.3) is 0 Å². The smallest absolute Gasteiger partial charge is 0.0793 e. The van der Waals surface area contributed by atoms with Gasteiger partial charge in [-0.05, 0) is 14.1 Å². The lowest BCUT2D eigenvalue weighted by molar-refractivity contribution is 0.115. The molecule has 1 aliphatic rings. The fraction of sp³-hybridized carbons (Fsp3) is 1.00. The molecule has 1 fully saturated rings. The second-order valence-corrected chi connectivity index (χ2v) is 3.71. The first-order chi connectivity index (χ1) is 4.22. The van der Waals surface area contributed by atoms with E-state index in [0.717, 1.165) is 11.5 Å². The number of likely N-dealkylation sites (N-methyl/N-ethyl adjacent to an activating group) is 1. The van der Waals surface area contributed by atoms with Gasteiger partial charge in [0.25, 0.3) is 0 Å². The van der Waals surface area contributed by atoms with Gasteiger partial charge in [0.05, 0.1) is 6.10 Å². The van der Waals surface area contributed by atoms with E-state index in [1.165, 1.54) is 0 Å². The zero-order valence-corrected chi connectivity index (χ0v) is 6.69. The van der Waals surface area contributed by atoms with Gasteiger partial charge in [-0.15, -0.1) is 0 Å². The summed E-state index contributed by atoms with van der Waals surface area (Å²) in [6.45, 7) is 0. The quantitative estimate of drug-likeness (QED) is 0.566. The van der Waals surface area contributed by atoms with Gasteiger partial charge >= 0.3 is 0 Å². The molecule has 1 saturated heterocycles. The average Bonchev–Trinajstić information content (AvgIpc) is 2.13. The number of hydrogen-bond acceptors (Lipinski definition) is 3. The molecule has 1 N–H and O–H groups in total. The molecule has 1 heterocycles. The monoisotopic (exact) mass is 147 g/mol. The SMILES string of the molecule is CN(C)C1CSCC1O. The number of aliphatic hydroxyl groups excluding tert-OH is 1. The molecule has 2 atom stereocenters. The number of aliphatic hydroxyl groups is 1. The fourth-order valence-corrected chi connectivity index (χ4v) is 2.39. The zero-order chi connectivity index (χ0) is 6.85. The van der Waals surface area contributed by atoms with Crippen molar-refractivity contribution in [1.29, 1.82) is 0 Å². The minimum Gasteiger partial charge on any atom is -0.391 e. The molecule has 9 heavy (non-hydrogen) atoms. The van der Waals surface area contributed by atoms with Gasteiger partial charge in [0.15, 0.2) is 0 Å². The molecule has 3 heteroatoms. The van der Waals surface area contributed by atoms with Gasteiger partial charge in [0.1, 0.15) is 0 Å². The van der Waals surface area contributed by atoms with Crippen LogP contribution in [-0.2, 0) is 0 Å². The van der Waals surface area contributed by atoms with E-state index in [0.29, 0.717) is 6.04 Å². The molecule has 0 aromatic carbocycles. The van der Waals surface area contributed by atoms with Crippen LogP contribution in [0.5, 0.6) is 0 Å². The van der Waals surface area contributed by atoms with Crippen LogP contribution in [0, 0.1) is 0 Å². The summed E-state index contributed by atoms with van der Waals surface area (Å²) in [4.78, 5) is 2.09. The number of nitrogens with zero attached hydrogens (tertiary/aromatic N) is 1. The van der Waals surface area contributed by atoms with Crippen LogP contribution in [0.15, 0.2) is 0 Å². The molecule has 2 nitrogen and oxygen atoms in total. The Morgan fingerprint density at radius 1 is 1.44 bits per heavy atom. The lowest BCUT2D eigenvalue weighted by atomic mass is 10.2. The molecule has 1 aliphatic heterocycles. The molecular formula is C6H13NOS. The van der Waals surface area contributed by atoms with E-state index < -0.39 is 0 Å². The van der Waals surface area contributed by atoms with Gasteiger partial charge in [-0.3, -0.25) is 0 Å². The molecule has 1 rings (SSSR count). The Morgan fingerprint density at radius 3 is 2.33 bits per heavy atom. The Balaban J connectivity index is 2.40. The van der Waals surface area contributed by atoms with Gasteiger partial charge in [0, 0.05) is 17.5 Å². The van der Waals surface area contributed by atoms with Crippen molar-refractivity contribution in [2.45, 2.75) is 12.1 Å². The van der Waals surface area contributed by atoms with Crippen molar-refractivity contribution in [2.24, 2.45) is 0 Å². The molecular weight excluding hydrogens is 134 g/mol. The first-order valence-corrected chi connectivity index (χ1v) is 4.29. The van der Waals surface area contributed by atoms with Gasteiger partial charge < -0.3 is 10.0 Å². The highest BCUT2D eigenvalue weighted by Crippen LogP contribution is 2.20. The summed E-state index contributed by atoms with van der Waals surface area (Å²) >= 11 is 1.83. The standard InChI is InChI=1S/C6H13NOS/c1-7(2)5-3-9-4-6(5)8/h5-6,8H,3-4H2,1-2H3. The van der Waals surface area contributed by atoms with Crippen LogP contribution in [0.1, 0.15) is 0 Å². The summed E-state index contributed by atoms with van der Waals surface area (Å²) in [5, 5.41) is 9.30. The summed E-state index contributed by atoms with van der Waals surface area (Å²) in [5.41, 5.74) is 0. The first-order valence-electron chi connectivity index (χ1n) is 3.14. The summed E-state index contributed by atoms with van der Waals surface area (Å²) < 4.78 is 0. The zero-order valence-electron chi connectivity index (χ0n) is 5.87. The Morgan fingerprint density at radius 2 is 2.11 bits per heavy atom. The largest absolute Gasteiger partial charge is 0.391 e. The Labute approximate surface area is 60.2 Å². The Bertz CT molecular complexity index is 97.1. The van der Waals surface area contributed by atoms with E-state index in [-0.39, 0.29) is 6.10 Å². The molecule has 0 saturated carbocycles. The molecule has 0 spiro atoms. The normalized spacial score (nSPS) is 36.0. The Kier molecular flexibility index (Phi) is 2.38. The van der Waals surface area contributed by atoms with Gasteiger partial charge in [-0.2, -0.15) is 11.8 Å². The average molecular weight is 147 g/mol. The summed E-state index contributed by atoms with van der Waals surface area (Å²) in [5.74, 6) is 1.98. The third-order valence-corrected chi connectivity index (χ3v) is 2.84. The van der Waals surface area contributed by atoms with Crippen molar-refractivity contribution in [3.63, 3.8) is 0 Å². The molecule has 0 aromatic heterocycles. The Hall–Kier alpha value is 0.270. The molecule has 0 radical (unpaired) electrons. The fourth-order valence-electron chi connectivity index (χ4n) is 1.02. The van der Waals surface area contributed by atoms with E-state index in [1.54, 1.807) is 0 Å². The van der Waals surface area contributed by atoms with Crippen LogP contribution in [0.4, 0.5) is 0 Å². The molecule has 0 aliphatic carbocycles. The van der Waals surface area contributed by atoms with Crippen molar-refractivity contribution in [3.05, 3.63) is 0 Å². The lowest BCUT2D eigenvalue weighted by Gasteiger charge is -2.20. The van der Waals surface area contributed by atoms with E-state index in [2.05, 4.69) is 4.90 Å². The summed E-state index contributed by atoms with van der Waals surface area (Å²) in [7, 11) is 4.03. The number of rotatable bonds is 1. The van der Waals surface area contributed by atoms with E-state index in [9.17, 15) is 5.11 Å². The van der Waals surface area contributed by atoms with Crippen molar-refractivity contribution in [3.8, 4) is 0 Å². The second kappa shape index (κ2) is 2.90. The van der Waals surface area contributed by atoms with Crippen LogP contribution in [0.2, 0.25) is 0 Å². The minimum atomic E-state index is -0.106. The topological polar surface area (TPSA) is 23.5 Å². The predicted molar refractivity (Wildman–Crippen MR) is 40.8 cm³/mol. The maximum absolute atomic E-state index is 9.30.